The number of aromatic nitrogens is 1. The number of piperazine rings is 1. The lowest BCUT2D eigenvalue weighted by Gasteiger charge is -2.34. The van der Waals surface area contributed by atoms with Gasteiger partial charge < -0.3 is 4.90 Å². The van der Waals surface area contributed by atoms with Gasteiger partial charge in [-0.25, -0.2) is 4.98 Å². The number of hydrogen-bond donors (Lipinski definition) is 0. The van der Waals surface area contributed by atoms with Gasteiger partial charge in [0, 0.05) is 33.1 Å². The number of para-hydroxylation sites is 1. The van der Waals surface area contributed by atoms with Gasteiger partial charge in [-0.2, -0.15) is 0 Å². The van der Waals surface area contributed by atoms with Gasteiger partial charge in [-0.05, 0) is 24.1 Å². The summed E-state index contributed by atoms with van der Waals surface area (Å²) in [6.07, 6.45) is 0. The van der Waals surface area contributed by atoms with Gasteiger partial charge in [0.25, 0.3) is 0 Å². The first-order valence-corrected chi connectivity index (χ1v) is 11.0. The van der Waals surface area contributed by atoms with Gasteiger partial charge in [0.2, 0.25) is 11.8 Å². The summed E-state index contributed by atoms with van der Waals surface area (Å²) in [6.45, 7) is 7.22. The van der Waals surface area contributed by atoms with E-state index in [1.54, 1.807) is 23.2 Å². The molecule has 156 valence electrons. The predicted molar refractivity (Wildman–Crippen MR) is 121 cm³/mol. The Morgan fingerprint density at radius 2 is 1.77 bits per heavy atom. The van der Waals surface area contributed by atoms with E-state index < -0.39 is 0 Å². The fraction of sp³-hybridized carbons (Fsp3) is 0.348. The monoisotopic (exact) mass is 422 g/mol. The number of carbonyl (C=O) groups excluding carboxylic acids is 2. The molecule has 2 amide bonds. The Labute approximate surface area is 180 Å². The van der Waals surface area contributed by atoms with E-state index in [0.29, 0.717) is 39.3 Å². The molecule has 0 saturated carbocycles. The third-order valence-corrected chi connectivity index (χ3v) is 6.54. The van der Waals surface area contributed by atoms with Crippen molar-refractivity contribution < 1.29 is 9.59 Å². The highest BCUT2D eigenvalue weighted by molar-refractivity contribution is 7.22. The molecule has 0 aliphatic carbocycles. The minimum absolute atomic E-state index is 0.0341. The lowest BCUT2D eigenvalue weighted by molar-refractivity contribution is -0.130. The number of anilines is 1. The standard InChI is InChI=1S/C23H26N4O2S/c1-17-7-6-10-20-22(17)24-23(30-20)27(15-19-8-4-3-5-9-19)21(29)16-25-11-13-26(14-12-25)18(2)28/h3-10H,11-16H2,1-2H3. The summed E-state index contributed by atoms with van der Waals surface area (Å²) in [5.74, 6) is 0.128. The van der Waals surface area contributed by atoms with Crippen molar-refractivity contribution in [2.24, 2.45) is 0 Å². The molecule has 0 bridgehead atoms. The Morgan fingerprint density at radius 1 is 1.03 bits per heavy atom. The molecule has 0 radical (unpaired) electrons. The normalized spacial score (nSPS) is 14.8. The van der Waals surface area contributed by atoms with Gasteiger partial charge in [-0.1, -0.05) is 53.8 Å². The molecule has 3 aromatic rings. The van der Waals surface area contributed by atoms with Crippen LogP contribution in [0.1, 0.15) is 18.1 Å². The van der Waals surface area contributed by atoms with Gasteiger partial charge in [0.05, 0.1) is 23.3 Å². The Morgan fingerprint density at radius 3 is 2.43 bits per heavy atom. The summed E-state index contributed by atoms with van der Waals surface area (Å²) in [7, 11) is 0. The van der Waals surface area contributed by atoms with Crippen molar-refractivity contribution in [2.45, 2.75) is 20.4 Å². The number of hydrogen-bond acceptors (Lipinski definition) is 5. The second-order valence-electron chi connectivity index (χ2n) is 7.67. The zero-order chi connectivity index (χ0) is 21.1. The highest BCUT2D eigenvalue weighted by Crippen LogP contribution is 2.31. The van der Waals surface area contributed by atoms with Crippen LogP contribution in [0, 0.1) is 6.92 Å². The van der Waals surface area contributed by atoms with E-state index in [-0.39, 0.29) is 11.8 Å². The van der Waals surface area contributed by atoms with Crippen molar-refractivity contribution in [3.63, 3.8) is 0 Å². The van der Waals surface area contributed by atoms with Crippen LogP contribution in [-0.4, -0.2) is 59.3 Å². The van der Waals surface area contributed by atoms with Crippen molar-refractivity contribution in [1.82, 2.24) is 14.8 Å². The molecule has 1 fully saturated rings. The number of thiazole rings is 1. The number of fused-ring (bicyclic) bond motifs is 1. The van der Waals surface area contributed by atoms with Gasteiger partial charge in [-0.15, -0.1) is 0 Å². The fourth-order valence-corrected chi connectivity index (χ4v) is 4.78. The largest absolute Gasteiger partial charge is 0.340 e. The molecule has 0 unspecified atom stereocenters. The first kappa shape index (κ1) is 20.5. The molecule has 2 heterocycles. The number of amides is 2. The second-order valence-corrected chi connectivity index (χ2v) is 8.67. The van der Waals surface area contributed by atoms with E-state index in [2.05, 4.69) is 11.0 Å². The molecule has 1 aliphatic rings. The van der Waals surface area contributed by atoms with E-state index in [1.807, 2.05) is 54.3 Å². The predicted octanol–water partition coefficient (Wildman–Crippen LogP) is 3.30. The summed E-state index contributed by atoms with van der Waals surface area (Å²) < 4.78 is 1.09. The first-order chi connectivity index (χ1) is 14.5. The average molecular weight is 423 g/mol. The van der Waals surface area contributed by atoms with E-state index in [0.717, 1.165) is 26.5 Å². The SMILES string of the molecule is CC(=O)N1CCN(CC(=O)N(Cc2ccccc2)c2nc3c(C)cccc3s2)CC1. The Hall–Kier alpha value is -2.77. The van der Waals surface area contributed by atoms with Crippen molar-refractivity contribution >= 4 is 38.5 Å². The number of nitrogens with zero attached hydrogens (tertiary/aromatic N) is 4. The third kappa shape index (κ3) is 4.52. The maximum absolute atomic E-state index is 13.4. The molecule has 7 heteroatoms. The maximum Gasteiger partial charge on any atom is 0.243 e. The summed E-state index contributed by atoms with van der Waals surface area (Å²) in [5.41, 5.74) is 3.14. The first-order valence-electron chi connectivity index (χ1n) is 10.2. The maximum atomic E-state index is 13.4. The van der Waals surface area contributed by atoms with Crippen LogP contribution in [0.4, 0.5) is 5.13 Å². The van der Waals surface area contributed by atoms with Crippen LogP contribution < -0.4 is 4.90 Å². The van der Waals surface area contributed by atoms with Crippen molar-refractivity contribution in [3.8, 4) is 0 Å². The lowest BCUT2D eigenvalue weighted by Crippen LogP contribution is -2.51. The molecule has 30 heavy (non-hydrogen) atoms. The fourth-order valence-electron chi connectivity index (χ4n) is 3.72. The molecule has 0 spiro atoms. The number of benzene rings is 2. The van der Waals surface area contributed by atoms with Crippen LogP contribution in [0.2, 0.25) is 0 Å². The average Bonchev–Trinajstić information content (AvgIpc) is 3.18. The van der Waals surface area contributed by atoms with Gasteiger partial charge in [-0.3, -0.25) is 19.4 Å². The van der Waals surface area contributed by atoms with Crippen LogP contribution in [0.15, 0.2) is 48.5 Å². The number of carbonyl (C=O) groups is 2. The smallest absolute Gasteiger partial charge is 0.243 e. The Bertz CT molecular complexity index is 1040. The molecule has 2 aromatic carbocycles. The molecule has 0 atom stereocenters. The molecule has 4 rings (SSSR count). The quantitative estimate of drug-likeness (QED) is 0.633. The molecule has 1 aromatic heterocycles. The Kier molecular flexibility index (Phi) is 6.11. The summed E-state index contributed by atoms with van der Waals surface area (Å²) in [4.78, 5) is 35.5. The minimum Gasteiger partial charge on any atom is -0.340 e. The Balaban J connectivity index is 1.56. The molecule has 1 saturated heterocycles. The summed E-state index contributed by atoms with van der Waals surface area (Å²) in [5, 5.41) is 0.732. The highest BCUT2D eigenvalue weighted by atomic mass is 32.1. The zero-order valence-electron chi connectivity index (χ0n) is 17.4. The number of rotatable bonds is 5. The van der Waals surface area contributed by atoms with Crippen LogP contribution >= 0.6 is 11.3 Å². The summed E-state index contributed by atoms with van der Waals surface area (Å²) >= 11 is 1.56. The van der Waals surface area contributed by atoms with Crippen LogP contribution in [0.5, 0.6) is 0 Å². The summed E-state index contributed by atoms with van der Waals surface area (Å²) in [6, 6.07) is 16.1. The van der Waals surface area contributed by atoms with E-state index in [9.17, 15) is 9.59 Å². The highest BCUT2D eigenvalue weighted by Gasteiger charge is 2.25. The van der Waals surface area contributed by atoms with Crippen LogP contribution in [0.3, 0.4) is 0 Å². The minimum atomic E-state index is 0.0341. The van der Waals surface area contributed by atoms with E-state index in [4.69, 9.17) is 4.98 Å². The van der Waals surface area contributed by atoms with E-state index >= 15 is 0 Å². The van der Waals surface area contributed by atoms with Crippen molar-refractivity contribution in [1.29, 1.82) is 0 Å². The molecule has 1 aliphatic heterocycles. The lowest BCUT2D eigenvalue weighted by atomic mass is 10.2. The van der Waals surface area contributed by atoms with Crippen LogP contribution in [0.25, 0.3) is 10.2 Å². The molecule has 0 N–H and O–H groups in total. The molecular weight excluding hydrogens is 396 g/mol. The molecular formula is C23H26N4O2S. The zero-order valence-corrected chi connectivity index (χ0v) is 18.2. The van der Waals surface area contributed by atoms with Gasteiger partial charge in [0.1, 0.15) is 0 Å². The van der Waals surface area contributed by atoms with Gasteiger partial charge >= 0.3 is 0 Å². The van der Waals surface area contributed by atoms with Gasteiger partial charge in [0.15, 0.2) is 5.13 Å². The van der Waals surface area contributed by atoms with Crippen molar-refractivity contribution in [3.05, 3.63) is 59.7 Å². The molecule has 6 nitrogen and oxygen atoms in total. The van der Waals surface area contributed by atoms with E-state index in [1.165, 1.54) is 0 Å². The van der Waals surface area contributed by atoms with Crippen molar-refractivity contribution in [2.75, 3.05) is 37.6 Å². The third-order valence-electron chi connectivity index (χ3n) is 5.50. The number of aryl methyl sites for hydroxylation is 1. The topological polar surface area (TPSA) is 56.8 Å². The second kappa shape index (κ2) is 8.93. The van der Waals surface area contributed by atoms with Crippen LogP contribution in [-0.2, 0) is 16.1 Å².